The predicted molar refractivity (Wildman–Crippen MR) is 90.8 cm³/mol. The first-order valence-corrected chi connectivity index (χ1v) is 7.68. The van der Waals surface area contributed by atoms with Crippen molar-refractivity contribution >= 4 is 6.08 Å². The Morgan fingerprint density at radius 3 is 2.24 bits per heavy atom. The third kappa shape index (κ3) is 3.46. The molecule has 0 spiro atoms. The highest BCUT2D eigenvalue weighted by Crippen LogP contribution is 2.33. The largest absolute Gasteiger partial charge is 0.0954 e. The van der Waals surface area contributed by atoms with E-state index in [4.69, 9.17) is 0 Å². The molecule has 0 amide bonds. The Labute approximate surface area is 127 Å². The van der Waals surface area contributed by atoms with Gasteiger partial charge in [-0.15, -0.1) is 0 Å². The van der Waals surface area contributed by atoms with Gasteiger partial charge in [0.2, 0.25) is 0 Å². The second kappa shape index (κ2) is 6.49. The molecular weight excluding hydrogens is 252 g/mol. The predicted octanol–water partition coefficient (Wildman–Crippen LogP) is 5.82. The second-order valence-corrected chi connectivity index (χ2v) is 5.64. The molecule has 0 atom stereocenters. The minimum atomic E-state index is 1.19. The van der Waals surface area contributed by atoms with Crippen molar-refractivity contribution in [3.8, 4) is 0 Å². The molecule has 0 aromatic heterocycles. The van der Waals surface area contributed by atoms with Gasteiger partial charge in [-0.3, -0.25) is 0 Å². The molecule has 0 heteroatoms. The number of hydrogen-bond donors (Lipinski definition) is 0. The molecular formula is C21H21+. The van der Waals surface area contributed by atoms with Crippen LogP contribution in [0, 0.1) is 6.42 Å². The summed E-state index contributed by atoms with van der Waals surface area (Å²) in [5.74, 6) is 0. The van der Waals surface area contributed by atoms with Crippen LogP contribution in [0.5, 0.6) is 0 Å². The van der Waals surface area contributed by atoms with E-state index < -0.39 is 0 Å². The molecule has 0 saturated carbocycles. The van der Waals surface area contributed by atoms with Crippen LogP contribution in [0.15, 0.2) is 77.4 Å². The summed E-state index contributed by atoms with van der Waals surface area (Å²) in [6.07, 6.45) is 8.30. The lowest BCUT2D eigenvalue weighted by Crippen LogP contribution is -2.02. The smallest absolute Gasteiger partial charge is 0.0622 e. The van der Waals surface area contributed by atoms with Crippen molar-refractivity contribution in [2.24, 2.45) is 0 Å². The second-order valence-electron chi connectivity index (χ2n) is 5.64. The van der Waals surface area contributed by atoms with Crippen LogP contribution in [0.25, 0.3) is 6.08 Å². The van der Waals surface area contributed by atoms with Gasteiger partial charge in [0.15, 0.2) is 0 Å². The summed E-state index contributed by atoms with van der Waals surface area (Å²) < 4.78 is 0. The van der Waals surface area contributed by atoms with E-state index in [1.807, 2.05) is 0 Å². The number of allylic oxidation sites excluding steroid dienone is 3. The third-order valence-corrected chi connectivity index (χ3v) is 4.14. The van der Waals surface area contributed by atoms with Crippen molar-refractivity contribution in [2.75, 3.05) is 0 Å². The summed E-state index contributed by atoms with van der Waals surface area (Å²) >= 11 is 0. The van der Waals surface area contributed by atoms with Gasteiger partial charge in [0, 0.05) is 29.7 Å². The number of benzene rings is 2. The lowest BCUT2D eigenvalue weighted by atomic mass is 9.84. The molecule has 0 fully saturated rings. The zero-order chi connectivity index (χ0) is 14.5. The lowest BCUT2D eigenvalue weighted by molar-refractivity contribution is 0.773. The van der Waals surface area contributed by atoms with Gasteiger partial charge in [-0.25, -0.2) is 0 Å². The van der Waals surface area contributed by atoms with Gasteiger partial charge < -0.3 is 0 Å². The molecule has 2 aromatic rings. The molecule has 0 N–H and O–H groups in total. The summed E-state index contributed by atoms with van der Waals surface area (Å²) in [5.41, 5.74) is 7.01. The highest BCUT2D eigenvalue weighted by Gasteiger charge is 2.19. The van der Waals surface area contributed by atoms with E-state index in [9.17, 15) is 0 Å². The first-order chi connectivity index (χ1) is 10.3. The van der Waals surface area contributed by atoms with Crippen molar-refractivity contribution in [3.63, 3.8) is 0 Å². The van der Waals surface area contributed by atoms with E-state index in [0.29, 0.717) is 0 Å². The van der Waals surface area contributed by atoms with E-state index in [1.165, 1.54) is 47.1 Å². The van der Waals surface area contributed by atoms with Crippen molar-refractivity contribution in [3.05, 3.63) is 94.9 Å². The third-order valence-electron chi connectivity index (χ3n) is 4.14. The maximum absolute atomic E-state index is 2.34. The highest BCUT2D eigenvalue weighted by atomic mass is 14.2. The summed E-state index contributed by atoms with van der Waals surface area (Å²) in [6.45, 7) is 2.27. The maximum atomic E-state index is 2.34. The molecule has 0 saturated heterocycles. The first kappa shape index (κ1) is 13.8. The molecule has 3 rings (SSSR count). The molecule has 21 heavy (non-hydrogen) atoms. The van der Waals surface area contributed by atoms with Gasteiger partial charge in [-0.2, -0.15) is 0 Å². The Kier molecular flexibility index (Phi) is 4.25. The Morgan fingerprint density at radius 2 is 1.52 bits per heavy atom. The van der Waals surface area contributed by atoms with Crippen LogP contribution in [0.4, 0.5) is 0 Å². The monoisotopic (exact) mass is 273 g/mol. The van der Waals surface area contributed by atoms with Crippen LogP contribution < -0.4 is 0 Å². The van der Waals surface area contributed by atoms with E-state index in [-0.39, 0.29) is 0 Å². The molecule has 1 aliphatic carbocycles. The molecule has 0 bridgehead atoms. The van der Waals surface area contributed by atoms with E-state index in [0.717, 1.165) is 0 Å². The maximum Gasteiger partial charge on any atom is 0.0954 e. The number of rotatable bonds is 3. The normalized spacial score (nSPS) is 17.1. The van der Waals surface area contributed by atoms with Crippen molar-refractivity contribution in [1.29, 1.82) is 0 Å². The van der Waals surface area contributed by atoms with Crippen LogP contribution >= 0.6 is 0 Å². The molecule has 104 valence electrons. The van der Waals surface area contributed by atoms with Gasteiger partial charge in [0.25, 0.3) is 0 Å². The fourth-order valence-electron chi connectivity index (χ4n) is 2.91. The fourth-order valence-corrected chi connectivity index (χ4v) is 2.91. The molecule has 2 aromatic carbocycles. The quantitative estimate of drug-likeness (QED) is 0.618. The van der Waals surface area contributed by atoms with E-state index in [2.05, 4.69) is 80.1 Å². The van der Waals surface area contributed by atoms with Crippen molar-refractivity contribution in [1.82, 2.24) is 0 Å². The topological polar surface area (TPSA) is 0 Å². The Bertz CT molecular complexity index is 645. The zero-order valence-electron chi connectivity index (χ0n) is 12.5. The van der Waals surface area contributed by atoms with Crippen molar-refractivity contribution in [2.45, 2.75) is 26.2 Å². The summed E-state index contributed by atoms with van der Waals surface area (Å²) in [6, 6.07) is 21.3. The van der Waals surface area contributed by atoms with Gasteiger partial charge >= 0.3 is 0 Å². The molecule has 0 aliphatic heterocycles. The molecule has 0 radical (unpaired) electrons. The number of hydrogen-bond acceptors (Lipinski definition) is 0. The molecule has 0 unspecified atom stereocenters. The van der Waals surface area contributed by atoms with E-state index in [1.54, 1.807) is 0 Å². The SMILES string of the molecule is CC1=C([CH+]c2ccccc2)CCC/C1=C\c1ccccc1. The van der Waals surface area contributed by atoms with Crippen molar-refractivity contribution < 1.29 is 0 Å². The van der Waals surface area contributed by atoms with Crippen LogP contribution in [-0.4, -0.2) is 0 Å². The molecule has 0 nitrogen and oxygen atoms in total. The highest BCUT2D eigenvalue weighted by molar-refractivity contribution is 5.60. The summed E-state index contributed by atoms with van der Waals surface area (Å²) in [7, 11) is 0. The van der Waals surface area contributed by atoms with Crippen LogP contribution in [0.3, 0.4) is 0 Å². The standard InChI is InChI=1S/C21H21/c1-17-20(15-18-9-4-2-5-10-18)13-8-14-21(17)16-19-11-6-3-7-12-19/h2-7,9-12,15-16H,8,13-14H2,1H3/q+1/b20-15+. The van der Waals surface area contributed by atoms with Gasteiger partial charge in [-0.05, 0) is 61.6 Å². The Morgan fingerprint density at radius 1 is 0.857 bits per heavy atom. The fraction of sp³-hybridized carbons (Fsp3) is 0.190. The lowest BCUT2D eigenvalue weighted by Gasteiger charge is -2.16. The van der Waals surface area contributed by atoms with Crippen LogP contribution in [0.2, 0.25) is 0 Å². The van der Waals surface area contributed by atoms with Gasteiger partial charge in [-0.1, -0.05) is 30.3 Å². The minimum absolute atomic E-state index is 1.19. The van der Waals surface area contributed by atoms with Gasteiger partial charge in [0.05, 0.1) is 5.56 Å². The van der Waals surface area contributed by atoms with Crippen LogP contribution in [-0.2, 0) is 0 Å². The molecule has 0 heterocycles. The summed E-state index contributed by atoms with van der Waals surface area (Å²) in [5, 5.41) is 0. The zero-order valence-corrected chi connectivity index (χ0v) is 12.5. The van der Waals surface area contributed by atoms with Crippen LogP contribution in [0.1, 0.15) is 37.3 Å². The van der Waals surface area contributed by atoms with Gasteiger partial charge in [0.1, 0.15) is 0 Å². The molecule has 1 aliphatic rings. The average Bonchev–Trinajstić information content (AvgIpc) is 2.53. The summed E-state index contributed by atoms with van der Waals surface area (Å²) in [4.78, 5) is 0. The van der Waals surface area contributed by atoms with E-state index >= 15 is 0 Å². The Hall–Kier alpha value is -2.21. The first-order valence-electron chi connectivity index (χ1n) is 7.68. The minimum Gasteiger partial charge on any atom is -0.0622 e. The average molecular weight is 273 g/mol. The Balaban J connectivity index is 1.87.